The molecule has 3 N–H and O–H groups in total. The number of carbonyl (C=O) groups excluding carboxylic acids is 1. The minimum atomic E-state index is -4.00. The number of fused-ring (bicyclic) bond motifs is 1. The minimum absolute atomic E-state index is 0.0576. The predicted molar refractivity (Wildman–Crippen MR) is 119 cm³/mol. The fraction of sp³-hybridized carbons (Fsp3) is 0.364. The minimum Gasteiger partial charge on any atom is -0.382 e. The van der Waals surface area contributed by atoms with Gasteiger partial charge in [-0.15, -0.1) is 0 Å². The average Bonchev–Trinajstić information content (AvgIpc) is 3.35. The molecule has 1 aliphatic carbocycles. The van der Waals surface area contributed by atoms with Gasteiger partial charge in [-0.3, -0.25) is 10.1 Å². The number of nitrogens with zero attached hydrogens (tertiary/aromatic N) is 1. The van der Waals surface area contributed by atoms with Crippen LogP contribution in [0, 0.1) is 5.92 Å². The van der Waals surface area contributed by atoms with Crippen LogP contribution in [0.15, 0.2) is 47.4 Å². The van der Waals surface area contributed by atoms with Crippen LogP contribution in [-0.2, 0) is 19.6 Å². The molecule has 1 aromatic heterocycles. The molecule has 1 saturated heterocycles. The van der Waals surface area contributed by atoms with E-state index in [9.17, 15) is 13.2 Å². The molecule has 0 bridgehead atoms. The number of aromatic amines is 1. The Bertz CT molecular complexity index is 1230. The Balaban J connectivity index is 1.25. The third kappa shape index (κ3) is 4.71. The quantitative estimate of drug-likeness (QED) is 0.445. The maximum atomic E-state index is 12.7. The number of anilines is 2. The van der Waals surface area contributed by atoms with Crippen molar-refractivity contribution in [2.45, 2.75) is 36.7 Å². The predicted octanol–water partition coefficient (Wildman–Crippen LogP) is 3.27. The molecule has 0 radical (unpaired) electrons. The van der Waals surface area contributed by atoms with E-state index in [1.165, 1.54) is 18.2 Å². The highest BCUT2D eigenvalue weighted by molar-refractivity contribution is 7.87. The highest BCUT2D eigenvalue weighted by Gasteiger charge is 2.30. The van der Waals surface area contributed by atoms with Crippen molar-refractivity contribution in [2.75, 3.05) is 23.8 Å². The molecule has 1 saturated carbocycles. The molecule has 0 spiro atoms. The molecule has 1 amide bonds. The molecule has 2 aromatic carbocycles. The Morgan fingerprint density at radius 2 is 1.97 bits per heavy atom. The van der Waals surface area contributed by atoms with Crippen molar-refractivity contribution in [3.63, 3.8) is 0 Å². The van der Waals surface area contributed by atoms with Crippen LogP contribution in [0.1, 0.15) is 25.7 Å². The first-order valence-electron chi connectivity index (χ1n) is 10.7. The first-order chi connectivity index (χ1) is 15.5. The van der Waals surface area contributed by atoms with Gasteiger partial charge in [-0.1, -0.05) is 0 Å². The molecular weight excluding hydrogens is 432 g/mol. The van der Waals surface area contributed by atoms with Gasteiger partial charge in [0.25, 0.3) is 0 Å². The maximum Gasteiger partial charge on any atom is 0.339 e. The lowest BCUT2D eigenvalue weighted by Gasteiger charge is -2.12. The number of H-pyrrole nitrogens is 1. The third-order valence-corrected chi connectivity index (χ3v) is 6.81. The highest BCUT2D eigenvalue weighted by atomic mass is 32.2. The first-order valence-corrected chi connectivity index (χ1v) is 12.1. The lowest BCUT2D eigenvalue weighted by molar-refractivity contribution is -0.117. The largest absolute Gasteiger partial charge is 0.382 e. The van der Waals surface area contributed by atoms with E-state index in [0.29, 0.717) is 23.5 Å². The fourth-order valence-electron chi connectivity index (χ4n) is 3.62. The van der Waals surface area contributed by atoms with Gasteiger partial charge in [0.2, 0.25) is 11.9 Å². The van der Waals surface area contributed by atoms with Crippen LogP contribution in [0.2, 0.25) is 0 Å². The van der Waals surface area contributed by atoms with Gasteiger partial charge < -0.3 is 19.2 Å². The van der Waals surface area contributed by atoms with Crippen molar-refractivity contribution < 1.29 is 22.1 Å². The molecule has 10 heteroatoms. The summed E-state index contributed by atoms with van der Waals surface area (Å²) in [7, 11) is -4.00. The smallest absolute Gasteiger partial charge is 0.339 e. The number of ether oxygens (including phenoxy) is 1. The molecule has 168 valence electrons. The molecule has 1 atom stereocenters. The summed E-state index contributed by atoms with van der Waals surface area (Å²) in [6, 6.07) is 11.1. The van der Waals surface area contributed by atoms with Crippen LogP contribution in [0.25, 0.3) is 11.0 Å². The summed E-state index contributed by atoms with van der Waals surface area (Å²) in [5, 5.41) is 6.00. The summed E-state index contributed by atoms with van der Waals surface area (Å²) in [5.74, 6) is 0.492. The Kier molecular flexibility index (Phi) is 5.48. The number of imidazole rings is 1. The Labute approximate surface area is 185 Å². The van der Waals surface area contributed by atoms with Crippen molar-refractivity contribution in [1.82, 2.24) is 9.97 Å². The summed E-state index contributed by atoms with van der Waals surface area (Å²) in [4.78, 5) is 19.3. The van der Waals surface area contributed by atoms with E-state index < -0.39 is 10.1 Å². The molecule has 3 aromatic rings. The molecule has 9 nitrogen and oxygen atoms in total. The number of carbonyl (C=O) groups is 1. The molecular formula is C22H24N4O5S. The zero-order valence-corrected chi connectivity index (χ0v) is 18.2. The maximum absolute atomic E-state index is 12.7. The van der Waals surface area contributed by atoms with Crippen LogP contribution >= 0.6 is 0 Å². The average molecular weight is 457 g/mol. The SMILES string of the molecule is O=C(Nc1nc2ccc(OS(=O)(=O)c3ccc(NCC4CCCO4)cc3)cc2[nH]1)C1CC1. The van der Waals surface area contributed by atoms with Crippen LogP contribution in [0.4, 0.5) is 11.6 Å². The van der Waals surface area contributed by atoms with E-state index in [1.54, 1.807) is 24.3 Å². The van der Waals surface area contributed by atoms with Crippen molar-refractivity contribution in [2.24, 2.45) is 5.92 Å². The number of amides is 1. The highest BCUT2D eigenvalue weighted by Crippen LogP contribution is 2.30. The van der Waals surface area contributed by atoms with E-state index in [0.717, 1.165) is 38.0 Å². The van der Waals surface area contributed by atoms with Crippen molar-refractivity contribution in [3.8, 4) is 5.75 Å². The van der Waals surface area contributed by atoms with E-state index in [4.69, 9.17) is 8.92 Å². The summed E-state index contributed by atoms with van der Waals surface area (Å²) in [6.07, 6.45) is 4.09. The second-order valence-corrected chi connectivity index (χ2v) is 9.65. The number of hydrogen-bond acceptors (Lipinski definition) is 7. The van der Waals surface area contributed by atoms with Gasteiger partial charge in [0.15, 0.2) is 0 Å². The Morgan fingerprint density at radius 1 is 1.16 bits per heavy atom. The van der Waals surface area contributed by atoms with E-state index in [-0.39, 0.29) is 28.6 Å². The summed E-state index contributed by atoms with van der Waals surface area (Å²) in [5.41, 5.74) is 1.99. The number of aromatic nitrogens is 2. The van der Waals surface area contributed by atoms with Crippen LogP contribution < -0.4 is 14.8 Å². The van der Waals surface area contributed by atoms with Gasteiger partial charge in [0, 0.05) is 30.8 Å². The number of benzene rings is 2. The zero-order valence-electron chi connectivity index (χ0n) is 17.3. The fourth-order valence-corrected chi connectivity index (χ4v) is 4.54. The second-order valence-electron chi connectivity index (χ2n) is 8.11. The monoisotopic (exact) mass is 456 g/mol. The zero-order chi connectivity index (χ0) is 22.1. The molecule has 2 heterocycles. The molecule has 2 aliphatic rings. The Morgan fingerprint density at radius 3 is 2.69 bits per heavy atom. The lowest BCUT2D eigenvalue weighted by Crippen LogP contribution is -2.18. The first kappa shape index (κ1) is 20.8. The number of nitrogens with one attached hydrogen (secondary N) is 3. The van der Waals surface area contributed by atoms with Crippen LogP contribution in [0.3, 0.4) is 0 Å². The molecule has 5 rings (SSSR count). The van der Waals surface area contributed by atoms with Gasteiger partial charge >= 0.3 is 10.1 Å². The van der Waals surface area contributed by atoms with Gasteiger partial charge in [-0.25, -0.2) is 4.98 Å². The molecule has 32 heavy (non-hydrogen) atoms. The second kappa shape index (κ2) is 8.44. The summed E-state index contributed by atoms with van der Waals surface area (Å²) < 4.78 is 36.3. The summed E-state index contributed by atoms with van der Waals surface area (Å²) >= 11 is 0. The van der Waals surface area contributed by atoms with Gasteiger partial charge in [0.1, 0.15) is 10.6 Å². The van der Waals surface area contributed by atoms with E-state index >= 15 is 0 Å². The Hall–Kier alpha value is -3.11. The summed E-state index contributed by atoms with van der Waals surface area (Å²) in [6.45, 7) is 1.48. The van der Waals surface area contributed by atoms with Crippen LogP contribution in [0.5, 0.6) is 5.75 Å². The van der Waals surface area contributed by atoms with Crippen LogP contribution in [-0.4, -0.2) is 43.5 Å². The van der Waals surface area contributed by atoms with Gasteiger partial charge in [-0.2, -0.15) is 8.42 Å². The van der Waals surface area contributed by atoms with E-state index in [2.05, 4.69) is 20.6 Å². The van der Waals surface area contributed by atoms with Gasteiger partial charge in [0.05, 0.1) is 17.1 Å². The molecule has 1 aliphatic heterocycles. The molecule has 2 fully saturated rings. The van der Waals surface area contributed by atoms with Crippen molar-refractivity contribution in [3.05, 3.63) is 42.5 Å². The normalized spacial score (nSPS) is 18.6. The lowest BCUT2D eigenvalue weighted by atomic mass is 10.2. The van der Waals surface area contributed by atoms with Crippen molar-refractivity contribution >= 4 is 38.7 Å². The molecule has 1 unspecified atom stereocenters. The standard InChI is InChI=1S/C22H24N4O5S/c27-21(14-3-4-14)26-22-24-19-10-7-16(12-20(19)25-22)31-32(28,29)18-8-5-15(6-9-18)23-13-17-2-1-11-30-17/h5-10,12,14,17,23H,1-4,11,13H2,(H2,24,25,26,27). The topological polar surface area (TPSA) is 122 Å². The number of rotatable bonds is 8. The number of hydrogen-bond donors (Lipinski definition) is 3. The van der Waals surface area contributed by atoms with E-state index in [1.807, 2.05) is 0 Å². The van der Waals surface area contributed by atoms with Crippen molar-refractivity contribution in [1.29, 1.82) is 0 Å². The van der Waals surface area contributed by atoms with Gasteiger partial charge in [-0.05, 0) is 62.1 Å². The third-order valence-electron chi connectivity index (χ3n) is 5.55.